The van der Waals surface area contributed by atoms with E-state index in [1.54, 1.807) is 0 Å². The quantitative estimate of drug-likeness (QED) is 0.183. The lowest BCUT2D eigenvalue weighted by Crippen LogP contribution is -2.57. The van der Waals surface area contributed by atoms with Crippen LogP contribution in [0.5, 0.6) is 0 Å². The van der Waals surface area contributed by atoms with Crippen LogP contribution in [-0.2, 0) is 13.3 Å². The fourth-order valence-electron chi connectivity index (χ4n) is 3.34. The molecule has 0 heterocycles. The molecule has 6 nitrogen and oxygen atoms in total. The highest BCUT2D eigenvalue weighted by molar-refractivity contribution is 6.75. The molecule has 0 aliphatic carbocycles. The van der Waals surface area contributed by atoms with E-state index in [2.05, 4.69) is 0 Å². The monoisotopic (exact) mass is 456 g/mol. The molecule has 1 rings (SSSR count). The van der Waals surface area contributed by atoms with Crippen molar-refractivity contribution in [2.75, 3.05) is 39.6 Å². The molecule has 0 bridgehead atoms. The topological polar surface area (TPSA) is 88.4 Å². The van der Waals surface area contributed by atoms with Crippen LogP contribution in [0.3, 0.4) is 0 Å². The summed E-state index contributed by atoms with van der Waals surface area (Å²) in [5.41, 5.74) is 0. The molecule has 0 spiro atoms. The molecule has 0 unspecified atom stereocenters. The van der Waals surface area contributed by atoms with Crippen molar-refractivity contribution >= 4 is 14.0 Å². The highest BCUT2D eigenvalue weighted by Crippen LogP contribution is 2.15. The summed E-state index contributed by atoms with van der Waals surface area (Å²) >= 11 is 0. The van der Waals surface area contributed by atoms with E-state index < -0.39 is 8.80 Å². The van der Waals surface area contributed by atoms with E-state index in [4.69, 9.17) is 28.6 Å². The minimum absolute atomic E-state index is 0.238. The summed E-state index contributed by atoms with van der Waals surface area (Å²) in [6.07, 6.45) is 11.3. The van der Waals surface area contributed by atoms with Crippen molar-refractivity contribution in [2.24, 2.45) is 0 Å². The average Bonchev–Trinajstić information content (AvgIpc) is 2.80. The zero-order chi connectivity index (χ0) is 22.5. The van der Waals surface area contributed by atoms with Crippen LogP contribution in [0, 0.1) is 0 Å². The van der Waals surface area contributed by atoms with Gasteiger partial charge < -0.3 is 28.6 Å². The molecule has 3 N–H and O–H groups in total. The van der Waals surface area contributed by atoms with Gasteiger partial charge in [0.1, 0.15) is 0 Å². The molecular weight excluding hydrogens is 412 g/mol. The molecule has 31 heavy (non-hydrogen) atoms. The molecule has 0 aromatic heterocycles. The SMILES string of the molecule is OCCCCCCO[Si](OCCCCCCO)(OCCCCCCO)c1ccccc1. The Morgan fingerprint density at radius 1 is 0.484 bits per heavy atom. The fourth-order valence-corrected chi connectivity index (χ4v) is 5.93. The first kappa shape index (κ1) is 28.2. The van der Waals surface area contributed by atoms with Gasteiger partial charge in [-0.25, -0.2) is 0 Å². The summed E-state index contributed by atoms with van der Waals surface area (Å²) in [5.74, 6) is 0. The van der Waals surface area contributed by atoms with Crippen molar-refractivity contribution < 1.29 is 28.6 Å². The Kier molecular flexibility index (Phi) is 18.1. The van der Waals surface area contributed by atoms with Gasteiger partial charge in [0.05, 0.1) is 0 Å². The van der Waals surface area contributed by atoms with Crippen LogP contribution in [0.1, 0.15) is 77.0 Å². The summed E-state index contributed by atoms with van der Waals surface area (Å²) in [6.45, 7) is 2.47. The molecule has 0 radical (unpaired) electrons. The maximum atomic E-state index is 8.96. The summed E-state index contributed by atoms with van der Waals surface area (Å²) in [4.78, 5) is 0. The van der Waals surface area contributed by atoms with Crippen LogP contribution in [0.2, 0.25) is 0 Å². The summed E-state index contributed by atoms with van der Waals surface area (Å²) in [5, 5.41) is 27.9. The highest BCUT2D eigenvalue weighted by Gasteiger charge is 2.43. The second kappa shape index (κ2) is 19.9. The van der Waals surface area contributed by atoms with Crippen molar-refractivity contribution in [3.8, 4) is 0 Å². The molecule has 0 saturated carbocycles. The Morgan fingerprint density at radius 3 is 1.19 bits per heavy atom. The lowest BCUT2D eigenvalue weighted by Gasteiger charge is -2.30. The van der Waals surface area contributed by atoms with E-state index in [0.717, 1.165) is 82.2 Å². The van der Waals surface area contributed by atoms with Crippen LogP contribution in [0.4, 0.5) is 0 Å². The van der Waals surface area contributed by atoms with Gasteiger partial charge >= 0.3 is 8.80 Å². The van der Waals surface area contributed by atoms with Crippen LogP contribution >= 0.6 is 0 Å². The summed E-state index contributed by atoms with van der Waals surface area (Å²) in [7, 11) is -3.03. The second-order valence-electron chi connectivity index (χ2n) is 7.88. The predicted octanol–water partition coefficient (Wildman–Crippen LogP) is 3.54. The number of aliphatic hydroxyl groups is 3. The molecule has 7 heteroatoms. The van der Waals surface area contributed by atoms with E-state index >= 15 is 0 Å². The van der Waals surface area contributed by atoms with Crippen molar-refractivity contribution in [2.45, 2.75) is 77.0 Å². The fraction of sp³-hybridized carbons (Fsp3) is 0.750. The molecule has 1 aromatic carbocycles. The number of rotatable bonds is 22. The molecule has 0 aliphatic heterocycles. The molecule has 0 aliphatic rings. The highest BCUT2D eigenvalue weighted by atomic mass is 28.4. The minimum atomic E-state index is -3.03. The third kappa shape index (κ3) is 13.4. The number of aliphatic hydroxyl groups excluding tert-OH is 3. The maximum absolute atomic E-state index is 8.96. The van der Waals surface area contributed by atoms with Gasteiger partial charge in [0.15, 0.2) is 0 Å². The normalized spacial score (nSPS) is 11.8. The molecule has 180 valence electrons. The number of benzene rings is 1. The van der Waals surface area contributed by atoms with Crippen molar-refractivity contribution in [3.63, 3.8) is 0 Å². The predicted molar refractivity (Wildman–Crippen MR) is 126 cm³/mol. The van der Waals surface area contributed by atoms with Gasteiger partial charge in [-0.05, 0) is 38.5 Å². The molecule has 0 saturated heterocycles. The molecule has 0 fully saturated rings. The third-order valence-corrected chi connectivity index (χ3v) is 7.95. The maximum Gasteiger partial charge on any atom is 0.537 e. The number of hydrogen-bond donors (Lipinski definition) is 3. The third-order valence-electron chi connectivity index (χ3n) is 5.16. The zero-order valence-corrected chi connectivity index (χ0v) is 20.2. The van der Waals surface area contributed by atoms with Gasteiger partial charge in [-0.2, -0.15) is 0 Å². The molecular formula is C24H44O6Si. The number of hydrogen-bond acceptors (Lipinski definition) is 6. The Bertz CT molecular complexity index is 461. The second-order valence-corrected chi connectivity index (χ2v) is 10.4. The van der Waals surface area contributed by atoms with Gasteiger partial charge in [0.25, 0.3) is 0 Å². The molecule has 0 atom stereocenters. The average molecular weight is 457 g/mol. The molecule has 0 amide bonds. The van der Waals surface area contributed by atoms with Crippen molar-refractivity contribution in [3.05, 3.63) is 30.3 Å². The first-order chi connectivity index (χ1) is 15.3. The van der Waals surface area contributed by atoms with E-state index in [1.807, 2.05) is 30.3 Å². The largest absolute Gasteiger partial charge is 0.537 e. The summed E-state index contributed by atoms with van der Waals surface area (Å²) in [6, 6.07) is 10.1. The van der Waals surface area contributed by atoms with Gasteiger partial charge in [0.2, 0.25) is 0 Å². The first-order valence-corrected chi connectivity index (χ1v) is 13.8. The Balaban J connectivity index is 2.71. The lowest BCUT2D eigenvalue weighted by molar-refractivity contribution is 0.0685. The lowest BCUT2D eigenvalue weighted by atomic mass is 10.2. The zero-order valence-electron chi connectivity index (χ0n) is 19.2. The van der Waals surface area contributed by atoms with Crippen molar-refractivity contribution in [1.82, 2.24) is 0 Å². The summed E-state index contributed by atoms with van der Waals surface area (Å²) < 4.78 is 19.2. The smallest absolute Gasteiger partial charge is 0.396 e. The van der Waals surface area contributed by atoms with Crippen LogP contribution < -0.4 is 5.19 Å². The van der Waals surface area contributed by atoms with Crippen molar-refractivity contribution in [1.29, 1.82) is 0 Å². The van der Waals surface area contributed by atoms with Crippen LogP contribution in [0.25, 0.3) is 0 Å². The van der Waals surface area contributed by atoms with E-state index in [9.17, 15) is 0 Å². The Morgan fingerprint density at radius 2 is 0.839 bits per heavy atom. The number of unbranched alkanes of at least 4 members (excludes halogenated alkanes) is 9. The first-order valence-electron chi connectivity index (χ1n) is 12.1. The van der Waals surface area contributed by atoms with Gasteiger partial charge in [0, 0.05) is 44.8 Å². The van der Waals surface area contributed by atoms with E-state index in [-0.39, 0.29) is 19.8 Å². The van der Waals surface area contributed by atoms with Gasteiger partial charge in [-0.15, -0.1) is 0 Å². The Labute approximate surface area is 189 Å². The van der Waals surface area contributed by atoms with E-state index in [0.29, 0.717) is 19.8 Å². The Hall–Kier alpha value is -0.803. The standard InChI is InChI=1S/C24H44O6Si/c25-18-10-1-4-13-21-28-31(24-16-8-7-9-17-24,29-22-14-5-2-11-19-26)30-23-15-6-3-12-20-27/h7-9,16-17,25-27H,1-6,10-15,18-23H2. The van der Waals surface area contributed by atoms with Gasteiger partial charge in [-0.1, -0.05) is 68.9 Å². The van der Waals surface area contributed by atoms with Gasteiger partial charge in [-0.3, -0.25) is 0 Å². The molecule has 1 aromatic rings. The van der Waals surface area contributed by atoms with E-state index in [1.165, 1.54) is 0 Å². The van der Waals surface area contributed by atoms with Crippen LogP contribution in [0.15, 0.2) is 30.3 Å². The minimum Gasteiger partial charge on any atom is -0.396 e. The van der Waals surface area contributed by atoms with Crippen LogP contribution in [-0.4, -0.2) is 63.8 Å².